The van der Waals surface area contributed by atoms with Gasteiger partial charge in [0.15, 0.2) is 0 Å². The van der Waals surface area contributed by atoms with Gasteiger partial charge >= 0.3 is 0 Å². The number of rotatable bonds is 5. The van der Waals surface area contributed by atoms with Crippen LogP contribution in [0.3, 0.4) is 0 Å². The smallest absolute Gasteiger partial charge is 0.207 e. The maximum absolute atomic E-state index is 12.2. The number of sulfonamides is 1. The summed E-state index contributed by atoms with van der Waals surface area (Å²) < 4.78 is 25.9. The summed E-state index contributed by atoms with van der Waals surface area (Å²) in [6.45, 7) is 0.618. The average molecular weight is 274 g/mol. The largest absolute Gasteiger partial charge is 0.242 e. The van der Waals surface area contributed by atoms with Crippen LogP contribution in [0.4, 0.5) is 0 Å². The van der Waals surface area contributed by atoms with E-state index in [0.717, 1.165) is 18.4 Å². The summed E-state index contributed by atoms with van der Waals surface area (Å²) in [7, 11) is -1.71. The van der Waals surface area contributed by atoms with Gasteiger partial charge in [0, 0.05) is 19.5 Å². The van der Waals surface area contributed by atoms with Crippen LogP contribution in [0.15, 0.2) is 29.2 Å². The van der Waals surface area contributed by atoms with E-state index in [1.54, 1.807) is 25.2 Å². The Balaban J connectivity index is 2.22. The highest BCUT2D eigenvalue weighted by Gasteiger charge is 2.29. The highest BCUT2D eigenvalue weighted by molar-refractivity contribution is 7.89. The van der Waals surface area contributed by atoms with E-state index >= 15 is 0 Å². The zero-order chi connectivity index (χ0) is 12.5. The second-order valence-corrected chi connectivity index (χ2v) is 6.82. The molecule has 94 valence electrons. The number of hydrogen-bond donors (Lipinski definition) is 0. The highest BCUT2D eigenvalue weighted by atomic mass is 35.5. The van der Waals surface area contributed by atoms with Crippen molar-refractivity contribution in [2.24, 2.45) is 5.92 Å². The molecule has 1 aliphatic carbocycles. The molecule has 1 fully saturated rings. The molecule has 3 nitrogen and oxygen atoms in total. The Labute approximate surface area is 107 Å². The molecule has 0 amide bonds. The molecule has 0 aliphatic heterocycles. The molecule has 0 aromatic heterocycles. The van der Waals surface area contributed by atoms with E-state index in [0.29, 0.717) is 23.2 Å². The second-order valence-electron chi connectivity index (χ2n) is 4.51. The Morgan fingerprint density at radius 3 is 2.71 bits per heavy atom. The standard InChI is InChI=1S/C12H16ClNO2S/c1-14(9-10-5-6-10)17(15,16)12-4-2-3-11(7-12)8-13/h2-4,7,10H,5-6,8-9H2,1H3. The summed E-state index contributed by atoms with van der Waals surface area (Å²) in [5.41, 5.74) is 0.826. The van der Waals surface area contributed by atoms with E-state index in [4.69, 9.17) is 11.6 Å². The van der Waals surface area contributed by atoms with Crippen molar-refractivity contribution in [3.05, 3.63) is 29.8 Å². The normalized spacial score (nSPS) is 16.4. The third-order valence-corrected chi connectivity index (χ3v) is 5.10. The molecule has 0 bridgehead atoms. The van der Waals surface area contributed by atoms with Crippen LogP contribution in [-0.4, -0.2) is 26.3 Å². The highest BCUT2D eigenvalue weighted by Crippen LogP contribution is 2.31. The van der Waals surface area contributed by atoms with E-state index < -0.39 is 10.0 Å². The van der Waals surface area contributed by atoms with Gasteiger partial charge < -0.3 is 0 Å². The van der Waals surface area contributed by atoms with Crippen LogP contribution in [0, 0.1) is 5.92 Å². The third kappa shape index (κ3) is 3.00. The van der Waals surface area contributed by atoms with Crippen LogP contribution in [0.25, 0.3) is 0 Å². The summed E-state index contributed by atoms with van der Waals surface area (Å²) in [5.74, 6) is 0.876. The first-order valence-electron chi connectivity index (χ1n) is 5.65. The second kappa shape index (κ2) is 4.96. The molecule has 2 rings (SSSR count). The van der Waals surface area contributed by atoms with E-state index in [2.05, 4.69) is 0 Å². The van der Waals surface area contributed by atoms with Crippen molar-refractivity contribution in [1.82, 2.24) is 4.31 Å². The molecule has 0 unspecified atom stereocenters. The summed E-state index contributed by atoms with van der Waals surface area (Å²) in [5, 5.41) is 0. The number of nitrogens with zero attached hydrogens (tertiary/aromatic N) is 1. The van der Waals surface area contributed by atoms with Gasteiger partial charge in [-0.05, 0) is 36.5 Å². The van der Waals surface area contributed by atoms with E-state index in [-0.39, 0.29) is 0 Å². The minimum absolute atomic E-state index is 0.329. The van der Waals surface area contributed by atoms with Crippen LogP contribution in [-0.2, 0) is 15.9 Å². The Kier molecular flexibility index (Phi) is 3.76. The molecule has 0 radical (unpaired) electrons. The zero-order valence-electron chi connectivity index (χ0n) is 9.77. The predicted octanol–water partition coefficient (Wildman–Crippen LogP) is 2.46. The zero-order valence-corrected chi connectivity index (χ0v) is 11.3. The molecule has 0 saturated heterocycles. The van der Waals surface area contributed by atoms with Gasteiger partial charge in [0.1, 0.15) is 0 Å². The third-order valence-electron chi connectivity index (χ3n) is 2.97. The Bertz CT molecular complexity index is 497. The van der Waals surface area contributed by atoms with Gasteiger partial charge in [0.05, 0.1) is 4.90 Å². The Hall–Kier alpha value is -0.580. The van der Waals surface area contributed by atoms with E-state index in [9.17, 15) is 8.42 Å². The molecule has 0 atom stereocenters. The molecule has 0 spiro atoms. The number of alkyl halides is 1. The fourth-order valence-corrected chi connectivity index (χ4v) is 3.22. The lowest BCUT2D eigenvalue weighted by Crippen LogP contribution is -2.29. The van der Waals surface area contributed by atoms with Crippen molar-refractivity contribution in [1.29, 1.82) is 0 Å². The molecule has 0 N–H and O–H groups in total. The van der Waals surface area contributed by atoms with Gasteiger partial charge in [-0.15, -0.1) is 11.6 Å². The van der Waals surface area contributed by atoms with Crippen LogP contribution >= 0.6 is 11.6 Å². The topological polar surface area (TPSA) is 37.4 Å². The molecule has 1 aromatic carbocycles. The van der Waals surface area contributed by atoms with Gasteiger partial charge in [-0.2, -0.15) is 0 Å². The maximum atomic E-state index is 12.2. The first-order valence-corrected chi connectivity index (χ1v) is 7.62. The van der Waals surface area contributed by atoms with Crippen LogP contribution < -0.4 is 0 Å². The van der Waals surface area contributed by atoms with Gasteiger partial charge in [-0.3, -0.25) is 0 Å². The van der Waals surface area contributed by atoms with Crippen molar-refractivity contribution in [2.45, 2.75) is 23.6 Å². The van der Waals surface area contributed by atoms with E-state index in [1.165, 1.54) is 4.31 Å². The first-order chi connectivity index (χ1) is 8.04. The quantitative estimate of drug-likeness (QED) is 0.773. The van der Waals surface area contributed by atoms with Crippen molar-refractivity contribution >= 4 is 21.6 Å². The lowest BCUT2D eigenvalue weighted by molar-refractivity contribution is 0.453. The van der Waals surface area contributed by atoms with Crippen molar-refractivity contribution in [3.63, 3.8) is 0 Å². The molecule has 1 saturated carbocycles. The maximum Gasteiger partial charge on any atom is 0.242 e. The molecule has 5 heteroatoms. The molecule has 1 aromatic rings. The minimum atomic E-state index is -3.35. The lowest BCUT2D eigenvalue weighted by atomic mass is 10.2. The summed E-state index contributed by atoms with van der Waals surface area (Å²) in [4.78, 5) is 0.332. The Morgan fingerprint density at radius 2 is 2.12 bits per heavy atom. The van der Waals surface area contributed by atoms with Crippen molar-refractivity contribution in [3.8, 4) is 0 Å². The molecular formula is C12H16ClNO2S. The predicted molar refractivity (Wildman–Crippen MR) is 68.5 cm³/mol. The van der Waals surface area contributed by atoms with Crippen LogP contribution in [0.5, 0.6) is 0 Å². The molecule has 0 heterocycles. The fraction of sp³-hybridized carbons (Fsp3) is 0.500. The van der Waals surface area contributed by atoms with Gasteiger partial charge in [-0.25, -0.2) is 12.7 Å². The lowest BCUT2D eigenvalue weighted by Gasteiger charge is -2.17. The van der Waals surface area contributed by atoms with Crippen molar-refractivity contribution in [2.75, 3.05) is 13.6 Å². The van der Waals surface area contributed by atoms with Crippen LogP contribution in [0.1, 0.15) is 18.4 Å². The monoisotopic (exact) mass is 273 g/mol. The van der Waals surface area contributed by atoms with Gasteiger partial charge in [0.2, 0.25) is 10.0 Å². The van der Waals surface area contributed by atoms with Crippen molar-refractivity contribution < 1.29 is 8.42 Å². The summed E-state index contributed by atoms with van der Waals surface area (Å²) in [6.07, 6.45) is 2.28. The van der Waals surface area contributed by atoms with Crippen LogP contribution in [0.2, 0.25) is 0 Å². The number of hydrogen-bond acceptors (Lipinski definition) is 2. The first kappa shape index (κ1) is 12.9. The summed E-state index contributed by atoms with van der Waals surface area (Å²) >= 11 is 5.71. The number of halogens is 1. The average Bonchev–Trinajstić information content (AvgIpc) is 3.13. The van der Waals surface area contributed by atoms with Gasteiger partial charge in [-0.1, -0.05) is 12.1 Å². The van der Waals surface area contributed by atoms with E-state index in [1.807, 2.05) is 6.07 Å². The van der Waals surface area contributed by atoms with Gasteiger partial charge in [0.25, 0.3) is 0 Å². The SMILES string of the molecule is CN(CC1CC1)S(=O)(=O)c1cccc(CCl)c1. The minimum Gasteiger partial charge on any atom is -0.207 e. The summed E-state index contributed by atoms with van der Waals surface area (Å²) in [6, 6.07) is 6.82. The molecular weight excluding hydrogens is 258 g/mol. The molecule has 17 heavy (non-hydrogen) atoms. The number of benzene rings is 1. The fourth-order valence-electron chi connectivity index (χ4n) is 1.73. The Morgan fingerprint density at radius 1 is 1.41 bits per heavy atom. The molecule has 1 aliphatic rings.